The van der Waals surface area contributed by atoms with Gasteiger partial charge in [0.1, 0.15) is 5.56 Å². The van der Waals surface area contributed by atoms with Crippen molar-refractivity contribution in [3.8, 4) is 0 Å². The molecule has 148 valence electrons. The van der Waals surface area contributed by atoms with Crippen LogP contribution in [0.4, 0.5) is 0 Å². The van der Waals surface area contributed by atoms with E-state index in [-0.39, 0.29) is 16.5 Å². The smallest absolute Gasteiger partial charge is 0.276 e. The Morgan fingerprint density at radius 3 is 2.45 bits per heavy atom. The van der Waals surface area contributed by atoms with Crippen LogP contribution in [0.1, 0.15) is 47.8 Å². The summed E-state index contributed by atoms with van der Waals surface area (Å²) in [6.45, 7) is 6.87. The first-order valence-corrected chi connectivity index (χ1v) is 9.37. The lowest BCUT2D eigenvalue weighted by atomic mass is 9.87. The summed E-state index contributed by atoms with van der Waals surface area (Å²) >= 11 is 0. The van der Waals surface area contributed by atoms with Crippen molar-refractivity contribution in [2.75, 3.05) is 0 Å². The van der Waals surface area contributed by atoms with Gasteiger partial charge >= 0.3 is 0 Å². The summed E-state index contributed by atoms with van der Waals surface area (Å²) in [5.74, 6) is -0.544. The molecule has 0 aliphatic heterocycles. The van der Waals surface area contributed by atoms with E-state index in [0.717, 1.165) is 11.1 Å². The number of nitrogens with one attached hydrogen (secondary N) is 1. The van der Waals surface area contributed by atoms with Crippen molar-refractivity contribution >= 4 is 12.1 Å². The third-order valence-corrected chi connectivity index (χ3v) is 4.52. The Kier molecular flexibility index (Phi) is 6.02. The van der Waals surface area contributed by atoms with Gasteiger partial charge in [0, 0.05) is 18.6 Å². The Balaban J connectivity index is 1.73. The zero-order valence-electron chi connectivity index (χ0n) is 16.8. The quantitative estimate of drug-likeness (QED) is 0.538. The van der Waals surface area contributed by atoms with Crippen LogP contribution in [0.25, 0.3) is 0 Å². The minimum atomic E-state index is -0.544. The third kappa shape index (κ3) is 5.25. The Hall–Kier alpha value is -3.54. The number of hydrogen-bond donors (Lipinski definition) is 1. The normalized spacial score (nSPS) is 11.6. The fourth-order valence-corrected chi connectivity index (χ4v) is 2.82. The molecule has 0 bridgehead atoms. The second-order valence-corrected chi connectivity index (χ2v) is 7.78. The second kappa shape index (κ2) is 8.65. The number of carbonyl (C=O) groups is 1. The first-order chi connectivity index (χ1) is 13.8. The van der Waals surface area contributed by atoms with E-state index < -0.39 is 5.91 Å². The van der Waals surface area contributed by atoms with Crippen molar-refractivity contribution in [3.63, 3.8) is 0 Å². The lowest BCUT2D eigenvalue weighted by molar-refractivity contribution is 0.0953. The minimum Gasteiger partial charge on any atom is -0.310 e. The summed E-state index contributed by atoms with van der Waals surface area (Å²) in [5.41, 5.74) is 5.18. The second-order valence-electron chi connectivity index (χ2n) is 7.78. The average Bonchev–Trinajstić information content (AvgIpc) is 2.70. The molecule has 0 aliphatic rings. The van der Waals surface area contributed by atoms with Gasteiger partial charge in [-0.25, -0.2) is 5.43 Å². The molecule has 1 N–H and O–H groups in total. The number of rotatable bonds is 5. The Labute approximate surface area is 169 Å². The molecule has 0 unspecified atom stereocenters. The summed E-state index contributed by atoms with van der Waals surface area (Å²) < 4.78 is 1.52. The fourth-order valence-electron chi connectivity index (χ4n) is 2.82. The molecule has 0 radical (unpaired) electrons. The van der Waals surface area contributed by atoms with Crippen molar-refractivity contribution in [2.45, 2.75) is 32.7 Å². The van der Waals surface area contributed by atoms with Crippen LogP contribution in [-0.2, 0) is 12.0 Å². The Bertz CT molecular complexity index is 1060. The zero-order valence-corrected chi connectivity index (χ0v) is 16.8. The van der Waals surface area contributed by atoms with Crippen LogP contribution < -0.4 is 11.0 Å². The molecule has 0 saturated heterocycles. The van der Waals surface area contributed by atoms with Crippen LogP contribution in [0.5, 0.6) is 0 Å². The number of hydrogen-bond acceptors (Lipinski definition) is 4. The predicted octanol–water partition coefficient (Wildman–Crippen LogP) is 3.35. The van der Waals surface area contributed by atoms with E-state index >= 15 is 0 Å². The van der Waals surface area contributed by atoms with Gasteiger partial charge in [-0.3, -0.25) is 14.6 Å². The summed E-state index contributed by atoms with van der Waals surface area (Å²) in [7, 11) is 0. The molecule has 1 amide bonds. The summed E-state index contributed by atoms with van der Waals surface area (Å²) in [4.78, 5) is 29.0. The highest BCUT2D eigenvalue weighted by atomic mass is 16.2. The maximum atomic E-state index is 12.7. The number of benzene rings is 1. The van der Waals surface area contributed by atoms with Crippen molar-refractivity contribution in [3.05, 3.63) is 99.7 Å². The van der Waals surface area contributed by atoms with Gasteiger partial charge in [0.2, 0.25) is 0 Å². The zero-order chi connectivity index (χ0) is 20.9. The van der Waals surface area contributed by atoms with Gasteiger partial charge < -0.3 is 4.57 Å². The van der Waals surface area contributed by atoms with E-state index in [2.05, 4.69) is 48.4 Å². The topological polar surface area (TPSA) is 76.3 Å². The molecule has 6 heteroatoms. The van der Waals surface area contributed by atoms with Crippen LogP contribution in [0.2, 0.25) is 0 Å². The average molecular weight is 388 g/mol. The van der Waals surface area contributed by atoms with Gasteiger partial charge in [0.05, 0.1) is 12.8 Å². The fraction of sp³-hybridized carbons (Fsp3) is 0.217. The SMILES string of the molecule is CC(C)(C)c1ccc(Cn2cccc(C(=O)N/N=C\c3ccncc3)c2=O)cc1. The highest BCUT2D eigenvalue weighted by molar-refractivity contribution is 5.94. The van der Waals surface area contributed by atoms with Crippen LogP contribution >= 0.6 is 0 Å². The molecule has 1 aromatic carbocycles. The van der Waals surface area contributed by atoms with Crippen molar-refractivity contribution in [1.82, 2.24) is 15.0 Å². The number of hydrazone groups is 1. The van der Waals surface area contributed by atoms with E-state index in [1.807, 2.05) is 12.1 Å². The monoisotopic (exact) mass is 388 g/mol. The highest BCUT2D eigenvalue weighted by Gasteiger charge is 2.14. The lowest BCUT2D eigenvalue weighted by Crippen LogP contribution is -2.30. The van der Waals surface area contributed by atoms with Crippen molar-refractivity contribution < 1.29 is 4.79 Å². The number of nitrogens with zero attached hydrogens (tertiary/aromatic N) is 3. The maximum Gasteiger partial charge on any atom is 0.276 e. The molecule has 0 saturated carbocycles. The lowest BCUT2D eigenvalue weighted by Gasteiger charge is -2.19. The minimum absolute atomic E-state index is 0.0469. The molecule has 29 heavy (non-hydrogen) atoms. The van der Waals surface area contributed by atoms with E-state index in [1.54, 1.807) is 36.8 Å². The molecule has 0 fully saturated rings. The first-order valence-electron chi connectivity index (χ1n) is 9.37. The summed E-state index contributed by atoms with van der Waals surface area (Å²) in [6.07, 6.45) is 6.44. The van der Waals surface area contributed by atoms with Gasteiger partial charge in [0.15, 0.2) is 0 Å². The standard InChI is InChI=1S/C23H24N4O2/c1-23(2,3)19-8-6-18(7-9-19)16-27-14-4-5-20(22(27)29)21(28)26-25-15-17-10-12-24-13-11-17/h4-15H,16H2,1-3H3,(H,26,28)/b25-15-. The highest BCUT2D eigenvalue weighted by Crippen LogP contribution is 2.22. The predicted molar refractivity (Wildman–Crippen MR) is 114 cm³/mol. The number of amides is 1. The van der Waals surface area contributed by atoms with E-state index in [0.29, 0.717) is 6.54 Å². The van der Waals surface area contributed by atoms with E-state index in [1.165, 1.54) is 22.4 Å². The van der Waals surface area contributed by atoms with Crippen molar-refractivity contribution in [1.29, 1.82) is 0 Å². The molecule has 2 aromatic heterocycles. The Morgan fingerprint density at radius 1 is 1.10 bits per heavy atom. The first kappa shape index (κ1) is 20.2. The molecular formula is C23H24N4O2. The van der Waals surface area contributed by atoms with Crippen LogP contribution in [0.15, 0.2) is 77.0 Å². The van der Waals surface area contributed by atoms with Gasteiger partial charge in [-0.05, 0) is 46.4 Å². The van der Waals surface area contributed by atoms with Gasteiger partial charge in [0.25, 0.3) is 11.5 Å². The molecule has 0 spiro atoms. The molecule has 0 atom stereocenters. The molecule has 6 nitrogen and oxygen atoms in total. The summed E-state index contributed by atoms with van der Waals surface area (Å²) in [6, 6.07) is 14.9. The largest absolute Gasteiger partial charge is 0.310 e. The number of pyridine rings is 2. The molecular weight excluding hydrogens is 364 g/mol. The van der Waals surface area contributed by atoms with Crippen LogP contribution in [0.3, 0.4) is 0 Å². The Morgan fingerprint density at radius 2 is 1.79 bits per heavy atom. The third-order valence-electron chi connectivity index (χ3n) is 4.52. The molecule has 3 aromatic rings. The molecule has 0 aliphatic carbocycles. The summed E-state index contributed by atoms with van der Waals surface area (Å²) in [5, 5.41) is 3.90. The van der Waals surface area contributed by atoms with Gasteiger partial charge in [-0.2, -0.15) is 5.10 Å². The van der Waals surface area contributed by atoms with Crippen LogP contribution in [0, 0.1) is 0 Å². The molecule has 2 heterocycles. The van der Waals surface area contributed by atoms with Gasteiger partial charge in [-0.1, -0.05) is 45.0 Å². The number of carbonyl (C=O) groups excluding carboxylic acids is 1. The van der Waals surface area contributed by atoms with E-state index in [9.17, 15) is 9.59 Å². The van der Waals surface area contributed by atoms with Crippen molar-refractivity contribution in [2.24, 2.45) is 5.10 Å². The molecule has 3 rings (SSSR count). The van der Waals surface area contributed by atoms with E-state index in [4.69, 9.17) is 0 Å². The van der Waals surface area contributed by atoms with Crippen LogP contribution in [-0.4, -0.2) is 21.7 Å². The number of aromatic nitrogens is 2. The van der Waals surface area contributed by atoms with Gasteiger partial charge in [-0.15, -0.1) is 0 Å². The maximum absolute atomic E-state index is 12.7.